The Morgan fingerprint density at radius 2 is 1.91 bits per heavy atom. The van der Waals surface area contributed by atoms with Gasteiger partial charge in [-0.05, 0) is 26.1 Å². The second-order valence-corrected chi connectivity index (χ2v) is 8.42. The zero-order chi connectivity index (χ0) is 9.07. The van der Waals surface area contributed by atoms with Gasteiger partial charge in [0.25, 0.3) is 0 Å². The van der Waals surface area contributed by atoms with Gasteiger partial charge < -0.3 is 4.43 Å². The molecule has 0 aromatic rings. The molecule has 1 unspecified atom stereocenters. The van der Waals surface area contributed by atoms with Crippen LogP contribution in [0, 0.1) is 5.92 Å². The number of rotatable bonds is 4. The molecule has 11 heavy (non-hydrogen) atoms. The molecule has 1 nitrogen and oxygen atoms in total. The lowest BCUT2D eigenvalue weighted by Gasteiger charge is -2.24. The molecule has 1 atom stereocenters. The van der Waals surface area contributed by atoms with Crippen LogP contribution >= 0.6 is 0 Å². The van der Waals surface area contributed by atoms with Crippen molar-refractivity contribution in [3.05, 3.63) is 12.3 Å². The fourth-order valence-electron chi connectivity index (χ4n) is 0.722. The van der Waals surface area contributed by atoms with Crippen molar-refractivity contribution >= 4 is 8.32 Å². The SMILES string of the molecule is C=C(O[Si](C)(C)C)C(C)CC. The maximum atomic E-state index is 5.73. The number of hydrogen-bond acceptors (Lipinski definition) is 1. The average molecular weight is 172 g/mol. The van der Waals surface area contributed by atoms with Gasteiger partial charge >= 0.3 is 0 Å². The molecule has 0 bridgehead atoms. The second kappa shape index (κ2) is 3.95. The van der Waals surface area contributed by atoms with E-state index in [1.807, 2.05) is 0 Å². The summed E-state index contributed by atoms with van der Waals surface area (Å²) in [6.45, 7) is 14.8. The fourth-order valence-corrected chi connectivity index (χ4v) is 1.71. The largest absolute Gasteiger partial charge is 0.548 e. The molecule has 0 N–H and O–H groups in total. The van der Waals surface area contributed by atoms with Crippen LogP contribution in [0.25, 0.3) is 0 Å². The van der Waals surface area contributed by atoms with Crippen LogP contribution in [0.4, 0.5) is 0 Å². The number of allylic oxidation sites excluding steroid dienone is 1. The van der Waals surface area contributed by atoms with Gasteiger partial charge in [0.2, 0.25) is 8.32 Å². The molecule has 2 heteroatoms. The molecule has 0 aromatic carbocycles. The Labute approximate surface area is 71.6 Å². The lowest BCUT2D eigenvalue weighted by Crippen LogP contribution is -2.26. The highest BCUT2D eigenvalue weighted by molar-refractivity contribution is 6.70. The first-order valence-electron chi connectivity index (χ1n) is 4.24. The Kier molecular flexibility index (Phi) is 3.87. The van der Waals surface area contributed by atoms with E-state index in [9.17, 15) is 0 Å². The van der Waals surface area contributed by atoms with Gasteiger partial charge in [0, 0.05) is 5.92 Å². The normalized spacial score (nSPS) is 14.3. The van der Waals surface area contributed by atoms with Gasteiger partial charge in [-0.1, -0.05) is 20.4 Å². The Balaban J connectivity index is 3.88. The molecule has 0 aliphatic rings. The van der Waals surface area contributed by atoms with Crippen molar-refractivity contribution in [3.8, 4) is 0 Å². The van der Waals surface area contributed by atoms with Crippen molar-refractivity contribution in [2.45, 2.75) is 39.9 Å². The van der Waals surface area contributed by atoms with Crippen LogP contribution in [0.3, 0.4) is 0 Å². The third kappa shape index (κ3) is 5.07. The van der Waals surface area contributed by atoms with Crippen LogP contribution in [0.15, 0.2) is 12.3 Å². The predicted molar refractivity (Wildman–Crippen MR) is 53.0 cm³/mol. The Hall–Kier alpha value is -0.243. The van der Waals surface area contributed by atoms with E-state index in [4.69, 9.17) is 4.43 Å². The molecule has 0 saturated heterocycles. The Bertz CT molecular complexity index is 135. The lowest BCUT2D eigenvalue weighted by molar-refractivity contribution is 0.351. The van der Waals surface area contributed by atoms with Gasteiger partial charge in [-0.2, -0.15) is 0 Å². The molecule has 0 heterocycles. The molecule has 66 valence electrons. The van der Waals surface area contributed by atoms with E-state index in [1.54, 1.807) is 0 Å². The maximum absolute atomic E-state index is 5.73. The van der Waals surface area contributed by atoms with Crippen molar-refractivity contribution in [1.82, 2.24) is 0 Å². The van der Waals surface area contributed by atoms with Crippen molar-refractivity contribution < 1.29 is 4.43 Å². The summed E-state index contributed by atoms with van der Waals surface area (Å²) < 4.78 is 5.73. The van der Waals surface area contributed by atoms with E-state index in [2.05, 4.69) is 40.1 Å². The van der Waals surface area contributed by atoms with Gasteiger partial charge in [-0.3, -0.25) is 0 Å². The summed E-state index contributed by atoms with van der Waals surface area (Å²) in [6, 6.07) is 0. The minimum Gasteiger partial charge on any atom is -0.548 e. The van der Waals surface area contributed by atoms with Crippen molar-refractivity contribution in [1.29, 1.82) is 0 Å². The molecule has 0 spiro atoms. The van der Waals surface area contributed by atoms with Crippen molar-refractivity contribution in [2.75, 3.05) is 0 Å². The van der Waals surface area contributed by atoms with Crippen LogP contribution in [0.2, 0.25) is 19.6 Å². The zero-order valence-corrected chi connectivity index (χ0v) is 9.40. The first-order valence-corrected chi connectivity index (χ1v) is 7.65. The molecule has 0 aliphatic heterocycles. The zero-order valence-electron chi connectivity index (χ0n) is 8.40. The van der Waals surface area contributed by atoms with Gasteiger partial charge in [-0.25, -0.2) is 0 Å². The lowest BCUT2D eigenvalue weighted by atomic mass is 10.1. The first kappa shape index (κ1) is 10.8. The van der Waals surface area contributed by atoms with Gasteiger partial charge in [0.1, 0.15) is 0 Å². The Morgan fingerprint density at radius 3 is 2.18 bits per heavy atom. The minimum atomic E-state index is -1.40. The molecular formula is C9H20OSi. The van der Waals surface area contributed by atoms with E-state index in [-0.39, 0.29) is 0 Å². The van der Waals surface area contributed by atoms with E-state index in [0.717, 1.165) is 12.2 Å². The highest BCUT2D eigenvalue weighted by Gasteiger charge is 2.18. The van der Waals surface area contributed by atoms with Crippen LogP contribution in [-0.4, -0.2) is 8.32 Å². The molecular weight excluding hydrogens is 152 g/mol. The highest BCUT2D eigenvalue weighted by atomic mass is 28.4. The third-order valence-electron chi connectivity index (χ3n) is 1.60. The summed E-state index contributed by atoms with van der Waals surface area (Å²) in [7, 11) is -1.40. The topological polar surface area (TPSA) is 9.23 Å². The smallest absolute Gasteiger partial charge is 0.241 e. The van der Waals surface area contributed by atoms with Gasteiger partial charge in [-0.15, -0.1) is 0 Å². The Morgan fingerprint density at radius 1 is 1.45 bits per heavy atom. The van der Waals surface area contributed by atoms with E-state index in [1.165, 1.54) is 0 Å². The van der Waals surface area contributed by atoms with Gasteiger partial charge in [0.15, 0.2) is 0 Å². The maximum Gasteiger partial charge on any atom is 0.241 e. The predicted octanol–water partition coefficient (Wildman–Crippen LogP) is 3.40. The number of hydrogen-bond donors (Lipinski definition) is 0. The molecule has 0 saturated carbocycles. The quantitative estimate of drug-likeness (QED) is 0.466. The summed E-state index contributed by atoms with van der Waals surface area (Å²) in [4.78, 5) is 0. The second-order valence-electron chi connectivity index (χ2n) is 3.99. The van der Waals surface area contributed by atoms with Crippen LogP contribution in [0.1, 0.15) is 20.3 Å². The van der Waals surface area contributed by atoms with E-state index < -0.39 is 8.32 Å². The molecule has 0 aliphatic carbocycles. The molecule has 0 rings (SSSR count). The summed E-state index contributed by atoms with van der Waals surface area (Å²) in [5.74, 6) is 1.47. The monoisotopic (exact) mass is 172 g/mol. The third-order valence-corrected chi connectivity index (χ3v) is 2.47. The molecule has 0 fully saturated rings. The summed E-state index contributed by atoms with van der Waals surface area (Å²) in [5, 5.41) is 0. The highest BCUT2D eigenvalue weighted by Crippen LogP contribution is 2.18. The van der Waals surface area contributed by atoms with E-state index >= 15 is 0 Å². The fraction of sp³-hybridized carbons (Fsp3) is 0.778. The molecule has 0 aromatic heterocycles. The van der Waals surface area contributed by atoms with Crippen LogP contribution in [-0.2, 0) is 4.43 Å². The summed E-state index contributed by atoms with van der Waals surface area (Å²) in [6.07, 6.45) is 1.11. The molecule has 0 radical (unpaired) electrons. The standard InChI is InChI=1S/C9H20OSi/c1-7-8(2)9(3)10-11(4,5)6/h8H,3,7H2,1-2,4-6H3. The first-order chi connectivity index (χ1) is 4.87. The average Bonchev–Trinajstić information content (AvgIpc) is 1.82. The summed E-state index contributed by atoms with van der Waals surface area (Å²) in [5.41, 5.74) is 0. The van der Waals surface area contributed by atoms with Crippen molar-refractivity contribution in [2.24, 2.45) is 5.92 Å². The van der Waals surface area contributed by atoms with E-state index in [0.29, 0.717) is 5.92 Å². The van der Waals surface area contributed by atoms with Gasteiger partial charge in [0.05, 0.1) is 5.76 Å². The van der Waals surface area contributed by atoms with Crippen LogP contribution < -0.4 is 0 Å². The van der Waals surface area contributed by atoms with Crippen molar-refractivity contribution in [3.63, 3.8) is 0 Å². The summed E-state index contributed by atoms with van der Waals surface area (Å²) >= 11 is 0. The van der Waals surface area contributed by atoms with Crippen LogP contribution in [0.5, 0.6) is 0 Å². The minimum absolute atomic E-state index is 0.502. The molecule has 0 amide bonds.